The molecule has 0 N–H and O–H groups in total. The van der Waals surface area contributed by atoms with Gasteiger partial charge in [-0.15, -0.1) is 0 Å². The topological polar surface area (TPSA) is 34.1 Å². The average molecular weight is 640 g/mol. The second kappa shape index (κ2) is 23.9. The van der Waals surface area contributed by atoms with Crippen LogP contribution in [0.3, 0.4) is 0 Å². The Balaban J connectivity index is 0.000000559. The predicted molar refractivity (Wildman–Crippen MR) is 207 cm³/mol. The van der Waals surface area contributed by atoms with Crippen LogP contribution >= 0.6 is 7.26 Å². The third-order valence-electron chi connectivity index (χ3n) is 8.12. The van der Waals surface area contributed by atoms with Gasteiger partial charge in [0.2, 0.25) is 0 Å². The Hall–Kier alpha value is -3.35. The van der Waals surface area contributed by atoms with Gasteiger partial charge in [0, 0.05) is 5.57 Å². The Bertz CT molecular complexity index is 1210. The van der Waals surface area contributed by atoms with Gasteiger partial charge in [-0.3, -0.25) is 9.59 Å². The molecule has 0 saturated heterocycles. The number of allylic oxidation sites excluding steroid dienone is 4. The van der Waals surface area contributed by atoms with E-state index >= 15 is 0 Å². The van der Waals surface area contributed by atoms with E-state index in [1.165, 1.54) is 92.0 Å². The van der Waals surface area contributed by atoms with E-state index < -0.39 is 7.26 Å². The van der Waals surface area contributed by atoms with E-state index in [1.807, 2.05) is 27.7 Å². The second-order valence-corrected chi connectivity index (χ2v) is 15.4. The van der Waals surface area contributed by atoms with Crippen molar-refractivity contribution in [1.82, 2.24) is 0 Å². The van der Waals surface area contributed by atoms with Crippen molar-refractivity contribution in [2.45, 2.75) is 99.3 Å². The maximum absolute atomic E-state index is 11.5. The molecule has 0 bridgehead atoms. The van der Waals surface area contributed by atoms with E-state index in [2.05, 4.69) is 111 Å². The van der Waals surface area contributed by atoms with E-state index in [1.54, 1.807) is 6.92 Å². The molecule has 3 aromatic carbocycles. The van der Waals surface area contributed by atoms with Crippen molar-refractivity contribution >= 4 is 34.7 Å². The van der Waals surface area contributed by atoms with Gasteiger partial charge >= 0.3 is 0 Å². The molecule has 248 valence electrons. The Morgan fingerprint density at radius 2 is 1.02 bits per heavy atom. The standard InChI is InChI=1S/C29H38P.C12H16O2.C2H6/c1-2-3-4-5-6-7-8-9-19-26-30(27-20-13-10-14-21-27,28-22-15-11-16-23-28)29-24-17-12-18-25-29;1-6-11(13)9(4)7-12(14)10(5)8(2)3;1-2/h10-18,20-25H,2-9,19,26H2,1H3;6-8H,1,5H2,2-4H3;1-2H3/q+1;;/b;9-7-;. The summed E-state index contributed by atoms with van der Waals surface area (Å²) in [6, 6.07) is 33.9. The molecule has 46 heavy (non-hydrogen) atoms. The third kappa shape index (κ3) is 13.6. The van der Waals surface area contributed by atoms with Gasteiger partial charge in [0.25, 0.3) is 0 Å². The summed E-state index contributed by atoms with van der Waals surface area (Å²) in [5.41, 5.74) is 0.910. The lowest BCUT2D eigenvalue weighted by atomic mass is 9.99. The molecule has 0 fully saturated rings. The van der Waals surface area contributed by atoms with E-state index in [0.717, 1.165) is 0 Å². The highest BCUT2D eigenvalue weighted by molar-refractivity contribution is 7.95. The maximum atomic E-state index is 11.5. The molecule has 0 unspecified atom stereocenters. The fourth-order valence-corrected chi connectivity index (χ4v) is 9.76. The van der Waals surface area contributed by atoms with Gasteiger partial charge in [0.15, 0.2) is 11.6 Å². The Morgan fingerprint density at radius 3 is 1.37 bits per heavy atom. The summed E-state index contributed by atoms with van der Waals surface area (Å²) in [5, 5.41) is 4.55. The van der Waals surface area contributed by atoms with Gasteiger partial charge in [-0.25, -0.2) is 0 Å². The quantitative estimate of drug-likeness (QED) is 0.0788. The molecule has 0 radical (unpaired) electrons. The van der Waals surface area contributed by atoms with Gasteiger partial charge in [0.1, 0.15) is 23.2 Å². The number of carbonyl (C=O) groups is 2. The van der Waals surface area contributed by atoms with Crippen LogP contribution in [0.1, 0.15) is 99.3 Å². The Labute approximate surface area is 282 Å². The van der Waals surface area contributed by atoms with Crippen molar-refractivity contribution in [3.8, 4) is 0 Å². The zero-order valence-corrected chi connectivity index (χ0v) is 30.5. The van der Waals surface area contributed by atoms with Crippen molar-refractivity contribution in [3.05, 3.63) is 127 Å². The van der Waals surface area contributed by atoms with Gasteiger partial charge < -0.3 is 0 Å². The van der Waals surface area contributed by atoms with Crippen LogP contribution in [0, 0.1) is 5.92 Å². The molecule has 3 rings (SSSR count). The number of hydrogen-bond donors (Lipinski definition) is 0. The first-order valence-electron chi connectivity index (χ1n) is 17.4. The molecule has 0 aromatic heterocycles. The fraction of sp³-hybridized carbons (Fsp3) is 0.395. The number of rotatable bonds is 18. The normalized spacial score (nSPS) is 11.1. The summed E-state index contributed by atoms with van der Waals surface area (Å²) < 4.78 is 0. The largest absolute Gasteiger partial charge is 0.290 e. The Kier molecular flexibility index (Phi) is 21.1. The average Bonchev–Trinajstić information content (AvgIpc) is 3.10. The first-order valence-corrected chi connectivity index (χ1v) is 19.4. The maximum Gasteiger partial charge on any atom is 0.181 e. The number of carbonyl (C=O) groups excluding carboxylic acids is 2. The predicted octanol–water partition coefficient (Wildman–Crippen LogP) is 11.0. The molecule has 0 saturated carbocycles. The minimum Gasteiger partial charge on any atom is -0.290 e. The van der Waals surface area contributed by atoms with Crippen LogP contribution < -0.4 is 15.9 Å². The van der Waals surface area contributed by atoms with Crippen molar-refractivity contribution in [1.29, 1.82) is 0 Å². The number of unbranched alkanes of at least 4 members (excludes halogenated alkanes) is 8. The van der Waals surface area contributed by atoms with E-state index in [9.17, 15) is 9.59 Å². The molecule has 0 aliphatic rings. The number of ketones is 2. The van der Waals surface area contributed by atoms with Crippen molar-refractivity contribution in [2.24, 2.45) is 5.92 Å². The fourth-order valence-electron chi connectivity index (χ4n) is 5.35. The summed E-state index contributed by atoms with van der Waals surface area (Å²) in [6.45, 7) is 18.7. The smallest absolute Gasteiger partial charge is 0.181 e. The molecule has 2 nitrogen and oxygen atoms in total. The van der Waals surface area contributed by atoms with Crippen molar-refractivity contribution in [3.63, 3.8) is 0 Å². The summed E-state index contributed by atoms with van der Waals surface area (Å²) in [5.74, 6) is -0.312. The minimum atomic E-state index is -1.62. The molecule has 0 spiro atoms. The second-order valence-electron chi connectivity index (χ2n) is 11.8. The molecule has 0 aliphatic heterocycles. The molecule has 0 heterocycles. The summed E-state index contributed by atoms with van der Waals surface area (Å²) in [4.78, 5) is 22.5. The summed E-state index contributed by atoms with van der Waals surface area (Å²) in [7, 11) is -1.62. The zero-order valence-electron chi connectivity index (χ0n) is 29.6. The highest BCUT2D eigenvalue weighted by atomic mass is 31.2. The van der Waals surface area contributed by atoms with Gasteiger partial charge in [-0.1, -0.05) is 147 Å². The number of hydrogen-bond acceptors (Lipinski definition) is 2. The van der Waals surface area contributed by atoms with Gasteiger partial charge in [0.05, 0.1) is 6.16 Å². The van der Waals surface area contributed by atoms with E-state index in [0.29, 0.717) is 11.1 Å². The monoisotopic (exact) mass is 639 g/mol. The lowest BCUT2D eigenvalue weighted by Crippen LogP contribution is -2.33. The third-order valence-corrected chi connectivity index (χ3v) is 12.6. The molecule has 0 atom stereocenters. The molecule has 3 heteroatoms. The number of benzene rings is 3. The lowest BCUT2D eigenvalue weighted by molar-refractivity contribution is -0.113. The highest BCUT2D eigenvalue weighted by Crippen LogP contribution is 2.56. The first kappa shape index (κ1) is 40.7. The zero-order chi connectivity index (χ0) is 34.2. The van der Waals surface area contributed by atoms with Crippen LogP contribution in [0.2, 0.25) is 0 Å². The van der Waals surface area contributed by atoms with Crippen molar-refractivity contribution < 1.29 is 9.59 Å². The van der Waals surface area contributed by atoms with Crippen LogP contribution in [0.4, 0.5) is 0 Å². The summed E-state index contributed by atoms with van der Waals surface area (Å²) in [6.07, 6.45) is 16.2. The molecule has 0 aliphatic carbocycles. The van der Waals surface area contributed by atoms with Crippen LogP contribution in [0.25, 0.3) is 0 Å². The molecular weight excluding hydrogens is 579 g/mol. The Morgan fingerprint density at radius 1 is 0.652 bits per heavy atom. The van der Waals surface area contributed by atoms with Crippen molar-refractivity contribution in [2.75, 3.05) is 6.16 Å². The van der Waals surface area contributed by atoms with Crippen LogP contribution in [-0.4, -0.2) is 17.7 Å². The van der Waals surface area contributed by atoms with Gasteiger partial charge in [-0.2, -0.15) is 0 Å². The molecule has 0 amide bonds. The molecule has 3 aromatic rings. The highest BCUT2D eigenvalue weighted by Gasteiger charge is 2.44. The van der Waals surface area contributed by atoms with Crippen LogP contribution in [0.5, 0.6) is 0 Å². The van der Waals surface area contributed by atoms with Crippen LogP contribution in [-0.2, 0) is 9.59 Å². The minimum absolute atomic E-state index is 0.102. The summed E-state index contributed by atoms with van der Waals surface area (Å²) >= 11 is 0. The molecular formula is C43H60O2P+. The van der Waals surface area contributed by atoms with Gasteiger partial charge in [-0.05, 0) is 79.8 Å². The first-order chi connectivity index (χ1) is 22.3. The SMILES string of the molecule is C=CC(=O)/C(C)=C\C(=O)C(=C)C(C)C.CC.CCCCCCCCCCC[P+](c1ccccc1)(c1ccccc1)c1ccccc1. The lowest BCUT2D eigenvalue weighted by Gasteiger charge is -2.27. The van der Waals surface area contributed by atoms with Crippen LogP contribution in [0.15, 0.2) is 127 Å². The van der Waals surface area contributed by atoms with E-state index in [-0.39, 0.29) is 17.5 Å². The van der Waals surface area contributed by atoms with E-state index in [4.69, 9.17) is 0 Å².